The first kappa shape index (κ1) is 12.3. The number of aromatic nitrogens is 2. The van der Waals surface area contributed by atoms with Crippen LogP contribution in [0.25, 0.3) is 10.9 Å². The van der Waals surface area contributed by atoms with Gasteiger partial charge in [-0.05, 0) is 24.3 Å². The highest BCUT2D eigenvalue weighted by atomic mass is 19.1. The molecule has 2 aromatic carbocycles. The Morgan fingerprint density at radius 2 is 1.95 bits per heavy atom. The van der Waals surface area contributed by atoms with E-state index in [1.165, 1.54) is 28.9 Å². The molecule has 0 unspecified atom stereocenters. The quantitative estimate of drug-likeness (QED) is 0.716. The van der Waals surface area contributed by atoms with Gasteiger partial charge >= 0.3 is 0 Å². The summed E-state index contributed by atoms with van der Waals surface area (Å²) in [5.41, 5.74) is 1.12. The molecular weight excluding hydrogens is 260 g/mol. The van der Waals surface area contributed by atoms with E-state index in [4.69, 9.17) is 5.26 Å². The topological polar surface area (TPSA) is 41.6 Å². The molecule has 0 radical (unpaired) electrons. The lowest BCUT2D eigenvalue weighted by Gasteiger charge is -2.04. The van der Waals surface area contributed by atoms with Gasteiger partial charge in [-0.3, -0.25) is 4.68 Å². The number of hydrogen-bond acceptors (Lipinski definition) is 2. The molecular formula is C15H9F2N3. The molecule has 0 saturated carbocycles. The van der Waals surface area contributed by atoms with Crippen LogP contribution in [0, 0.1) is 23.0 Å². The second-order valence-electron chi connectivity index (χ2n) is 4.37. The Morgan fingerprint density at radius 1 is 1.15 bits per heavy atom. The molecule has 0 amide bonds. The maximum atomic E-state index is 13.7. The summed E-state index contributed by atoms with van der Waals surface area (Å²) in [6.45, 7) is 0.147. The van der Waals surface area contributed by atoms with Crippen molar-refractivity contribution in [3.05, 3.63) is 65.4 Å². The number of rotatable bonds is 2. The Morgan fingerprint density at radius 3 is 2.70 bits per heavy atom. The second kappa shape index (κ2) is 4.74. The molecule has 0 atom stereocenters. The zero-order valence-electron chi connectivity index (χ0n) is 10.3. The van der Waals surface area contributed by atoms with E-state index in [1.807, 2.05) is 6.07 Å². The van der Waals surface area contributed by atoms with Gasteiger partial charge in [-0.1, -0.05) is 18.2 Å². The van der Waals surface area contributed by atoms with Gasteiger partial charge in [0.25, 0.3) is 0 Å². The third-order valence-electron chi connectivity index (χ3n) is 3.10. The predicted molar refractivity (Wildman–Crippen MR) is 69.9 cm³/mol. The lowest BCUT2D eigenvalue weighted by Crippen LogP contribution is -2.03. The van der Waals surface area contributed by atoms with Gasteiger partial charge in [0, 0.05) is 10.9 Å². The normalized spacial score (nSPS) is 10.7. The largest absolute Gasteiger partial charge is 0.259 e. The molecule has 98 valence electrons. The average molecular weight is 269 g/mol. The minimum Gasteiger partial charge on any atom is -0.259 e. The van der Waals surface area contributed by atoms with Gasteiger partial charge in [0.2, 0.25) is 0 Å². The molecule has 1 aromatic heterocycles. The summed E-state index contributed by atoms with van der Waals surface area (Å²) in [5, 5.41) is 13.7. The summed E-state index contributed by atoms with van der Waals surface area (Å²) in [7, 11) is 0. The minimum atomic E-state index is -0.420. The van der Waals surface area contributed by atoms with Crippen LogP contribution in [0.3, 0.4) is 0 Å². The summed E-state index contributed by atoms with van der Waals surface area (Å²) >= 11 is 0. The zero-order chi connectivity index (χ0) is 14.1. The molecule has 3 aromatic rings. The third kappa shape index (κ3) is 2.01. The monoisotopic (exact) mass is 269 g/mol. The number of halogens is 2. The Kier molecular flexibility index (Phi) is 2.92. The molecule has 0 aliphatic heterocycles. The van der Waals surface area contributed by atoms with E-state index >= 15 is 0 Å². The van der Waals surface area contributed by atoms with Crippen molar-refractivity contribution in [1.29, 1.82) is 5.26 Å². The molecule has 0 aliphatic carbocycles. The second-order valence-corrected chi connectivity index (χ2v) is 4.37. The molecule has 0 spiro atoms. The lowest BCUT2D eigenvalue weighted by molar-refractivity contribution is 0.589. The minimum absolute atomic E-state index is 0.147. The predicted octanol–water partition coefficient (Wildman–Crippen LogP) is 3.23. The molecule has 1 heterocycles. The Bertz CT molecular complexity index is 831. The van der Waals surface area contributed by atoms with Crippen molar-refractivity contribution >= 4 is 10.9 Å². The molecule has 0 fully saturated rings. The zero-order valence-corrected chi connectivity index (χ0v) is 10.3. The first-order chi connectivity index (χ1) is 9.69. The number of benzene rings is 2. The summed E-state index contributed by atoms with van der Waals surface area (Å²) in [6, 6.07) is 12.3. The Hall–Kier alpha value is -2.74. The van der Waals surface area contributed by atoms with E-state index < -0.39 is 5.82 Å². The Balaban J connectivity index is 2.15. The number of fused-ring (bicyclic) bond motifs is 1. The van der Waals surface area contributed by atoms with Crippen LogP contribution >= 0.6 is 0 Å². The van der Waals surface area contributed by atoms with Gasteiger partial charge in [-0.2, -0.15) is 10.4 Å². The van der Waals surface area contributed by atoms with Crippen LogP contribution < -0.4 is 0 Å². The molecule has 0 saturated heterocycles. The number of nitriles is 1. The molecule has 20 heavy (non-hydrogen) atoms. The summed E-state index contributed by atoms with van der Waals surface area (Å²) in [6.07, 6.45) is 0. The van der Waals surface area contributed by atoms with E-state index in [2.05, 4.69) is 5.10 Å². The highest BCUT2D eigenvalue weighted by molar-refractivity contribution is 5.84. The standard InChI is InChI=1S/C15H9F2N3/c16-11-5-6-12-14(8-18)19-20(15(12)7-11)9-10-3-1-2-4-13(10)17/h1-7H,9H2. The third-order valence-corrected chi connectivity index (χ3v) is 3.10. The first-order valence-corrected chi connectivity index (χ1v) is 5.98. The van der Waals surface area contributed by atoms with Gasteiger partial charge in [0.15, 0.2) is 5.69 Å². The smallest absolute Gasteiger partial charge is 0.170 e. The summed E-state index contributed by atoms with van der Waals surface area (Å²) in [5.74, 6) is -0.775. The molecule has 0 aliphatic rings. The SMILES string of the molecule is N#Cc1nn(Cc2ccccc2F)c2cc(F)ccc12. The van der Waals surface area contributed by atoms with Gasteiger partial charge in [-0.25, -0.2) is 8.78 Å². The van der Waals surface area contributed by atoms with Crippen LogP contribution in [0.15, 0.2) is 42.5 Å². The molecule has 3 nitrogen and oxygen atoms in total. The van der Waals surface area contributed by atoms with Crippen LogP contribution in [0.4, 0.5) is 8.78 Å². The van der Waals surface area contributed by atoms with Crippen molar-refractivity contribution in [1.82, 2.24) is 9.78 Å². The fourth-order valence-corrected chi connectivity index (χ4v) is 2.14. The van der Waals surface area contributed by atoms with Crippen molar-refractivity contribution < 1.29 is 8.78 Å². The van der Waals surface area contributed by atoms with E-state index in [0.717, 1.165) is 0 Å². The van der Waals surface area contributed by atoms with Crippen LogP contribution in [0.5, 0.6) is 0 Å². The van der Waals surface area contributed by atoms with Crippen molar-refractivity contribution in [2.45, 2.75) is 6.54 Å². The van der Waals surface area contributed by atoms with Gasteiger partial charge < -0.3 is 0 Å². The van der Waals surface area contributed by atoms with Crippen molar-refractivity contribution in [2.75, 3.05) is 0 Å². The number of hydrogen-bond donors (Lipinski definition) is 0. The van der Waals surface area contributed by atoms with Crippen LogP contribution in [0.2, 0.25) is 0 Å². The van der Waals surface area contributed by atoms with Crippen molar-refractivity contribution in [3.63, 3.8) is 0 Å². The lowest BCUT2D eigenvalue weighted by atomic mass is 10.2. The first-order valence-electron chi connectivity index (χ1n) is 5.98. The summed E-state index contributed by atoms with van der Waals surface area (Å²) < 4.78 is 28.5. The van der Waals surface area contributed by atoms with Crippen LogP contribution in [-0.2, 0) is 6.54 Å². The molecule has 3 rings (SSSR count). The van der Waals surface area contributed by atoms with Gasteiger partial charge in [-0.15, -0.1) is 0 Å². The molecule has 5 heteroatoms. The maximum Gasteiger partial charge on any atom is 0.170 e. The number of nitrogens with zero attached hydrogens (tertiary/aromatic N) is 3. The van der Waals surface area contributed by atoms with Gasteiger partial charge in [0.05, 0.1) is 12.1 Å². The van der Waals surface area contributed by atoms with Gasteiger partial charge in [0.1, 0.15) is 17.7 Å². The highest BCUT2D eigenvalue weighted by Gasteiger charge is 2.12. The van der Waals surface area contributed by atoms with Crippen molar-refractivity contribution in [2.24, 2.45) is 0 Å². The Labute approximate surface area is 113 Å². The fraction of sp³-hybridized carbons (Fsp3) is 0.0667. The highest BCUT2D eigenvalue weighted by Crippen LogP contribution is 2.21. The fourth-order valence-electron chi connectivity index (χ4n) is 2.14. The van der Waals surface area contributed by atoms with Crippen LogP contribution in [-0.4, -0.2) is 9.78 Å². The van der Waals surface area contributed by atoms with Crippen molar-refractivity contribution in [3.8, 4) is 6.07 Å². The van der Waals surface area contributed by atoms with Crippen LogP contribution in [0.1, 0.15) is 11.3 Å². The summed E-state index contributed by atoms with van der Waals surface area (Å²) in [4.78, 5) is 0. The van der Waals surface area contributed by atoms with E-state index in [9.17, 15) is 8.78 Å². The maximum absolute atomic E-state index is 13.7. The molecule has 0 N–H and O–H groups in total. The van der Waals surface area contributed by atoms with E-state index in [-0.39, 0.29) is 18.1 Å². The van der Waals surface area contributed by atoms with E-state index in [1.54, 1.807) is 18.2 Å². The van der Waals surface area contributed by atoms with E-state index in [0.29, 0.717) is 16.5 Å². The molecule has 0 bridgehead atoms. The average Bonchev–Trinajstić information content (AvgIpc) is 2.79.